The fourth-order valence-corrected chi connectivity index (χ4v) is 2.34. The van der Waals surface area contributed by atoms with Crippen molar-refractivity contribution < 1.29 is 4.79 Å². The molecule has 3 rings (SSSR count). The first-order valence-corrected chi connectivity index (χ1v) is 7.18. The molecule has 1 aromatic heterocycles. The van der Waals surface area contributed by atoms with Gasteiger partial charge in [-0.1, -0.05) is 29.8 Å². The standard InChI is InChI=1S/C15H15ClN4O/c1-9(11-4-2-3-5-12(11)16)17-20-15(21)14-8-13(18-19-14)10-6-7-10/h2-5,8,10H,6-7H2,1H3,(H,18,19)(H,20,21)/b17-9+. The maximum atomic E-state index is 12.0. The molecule has 1 aromatic carbocycles. The minimum absolute atomic E-state index is 0.329. The minimum atomic E-state index is -0.329. The third-order valence-electron chi connectivity index (χ3n) is 3.44. The summed E-state index contributed by atoms with van der Waals surface area (Å²) in [4.78, 5) is 12.0. The van der Waals surface area contributed by atoms with Crippen molar-refractivity contribution >= 4 is 23.2 Å². The molecule has 1 saturated carbocycles. The van der Waals surface area contributed by atoms with Gasteiger partial charge in [0.05, 0.1) is 5.71 Å². The van der Waals surface area contributed by atoms with Gasteiger partial charge in [-0.3, -0.25) is 9.89 Å². The van der Waals surface area contributed by atoms with Crippen LogP contribution in [-0.4, -0.2) is 21.8 Å². The lowest BCUT2D eigenvalue weighted by atomic mass is 10.1. The van der Waals surface area contributed by atoms with E-state index in [4.69, 9.17) is 11.6 Å². The second-order valence-electron chi connectivity index (χ2n) is 5.10. The predicted octanol–water partition coefficient (Wildman–Crippen LogP) is 3.09. The van der Waals surface area contributed by atoms with Crippen molar-refractivity contribution in [2.75, 3.05) is 0 Å². The average molecular weight is 303 g/mol. The molecule has 1 aliphatic rings. The van der Waals surface area contributed by atoms with Crippen molar-refractivity contribution in [1.29, 1.82) is 0 Å². The Balaban J connectivity index is 1.69. The quantitative estimate of drug-likeness (QED) is 0.673. The number of hydrazone groups is 1. The molecule has 21 heavy (non-hydrogen) atoms. The van der Waals surface area contributed by atoms with Crippen LogP contribution in [0.1, 0.15) is 47.4 Å². The maximum Gasteiger partial charge on any atom is 0.291 e. The summed E-state index contributed by atoms with van der Waals surface area (Å²) < 4.78 is 0. The number of hydrogen-bond donors (Lipinski definition) is 2. The SMILES string of the molecule is C/C(=N\NC(=O)c1cc(C2CC2)[nH]n1)c1ccccc1Cl. The van der Waals surface area contributed by atoms with Gasteiger partial charge in [0.1, 0.15) is 0 Å². The van der Waals surface area contributed by atoms with Crippen LogP contribution in [0.25, 0.3) is 0 Å². The van der Waals surface area contributed by atoms with Gasteiger partial charge in [0, 0.05) is 22.2 Å². The molecule has 0 unspecified atom stereocenters. The van der Waals surface area contributed by atoms with Crippen LogP contribution in [-0.2, 0) is 0 Å². The monoisotopic (exact) mass is 302 g/mol. The normalized spacial score (nSPS) is 15.0. The molecule has 0 aliphatic heterocycles. The van der Waals surface area contributed by atoms with Crippen LogP contribution in [0, 0.1) is 0 Å². The van der Waals surface area contributed by atoms with E-state index in [2.05, 4.69) is 20.7 Å². The summed E-state index contributed by atoms with van der Waals surface area (Å²) in [5.41, 5.74) is 5.32. The highest BCUT2D eigenvalue weighted by molar-refractivity contribution is 6.34. The van der Waals surface area contributed by atoms with E-state index in [1.54, 1.807) is 19.1 Å². The summed E-state index contributed by atoms with van der Waals surface area (Å²) >= 11 is 6.09. The van der Waals surface area contributed by atoms with E-state index in [0.29, 0.717) is 22.3 Å². The number of amides is 1. The molecule has 1 amide bonds. The van der Waals surface area contributed by atoms with Crippen molar-refractivity contribution in [3.8, 4) is 0 Å². The first kappa shape index (κ1) is 13.8. The number of benzene rings is 1. The lowest BCUT2D eigenvalue weighted by Crippen LogP contribution is -2.19. The summed E-state index contributed by atoms with van der Waals surface area (Å²) in [5, 5.41) is 11.6. The van der Waals surface area contributed by atoms with E-state index < -0.39 is 0 Å². The van der Waals surface area contributed by atoms with Crippen LogP contribution >= 0.6 is 11.6 Å². The Bertz CT molecular complexity index is 703. The Morgan fingerprint density at radius 1 is 1.43 bits per heavy atom. The Labute approximate surface area is 127 Å². The van der Waals surface area contributed by atoms with Gasteiger partial charge in [0.2, 0.25) is 0 Å². The molecule has 1 aliphatic carbocycles. The molecule has 2 N–H and O–H groups in total. The number of hydrogen-bond acceptors (Lipinski definition) is 3. The first-order valence-electron chi connectivity index (χ1n) is 6.80. The predicted molar refractivity (Wildman–Crippen MR) is 81.7 cm³/mol. The van der Waals surface area contributed by atoms with E-state index >= 15 is 0 Å². The number of aromatic amines is 1. The lowest BCUT2D eigenvalue weighted by molar-refractivity contribution is 0.0950. The van der Waals surface area contributed by atoms with Crippen LogP contribution in [0.5, 0.6) is 0 Å². The molecule has 108 valence electrons. The van der Waals surface area contributed by atoms with Crippen LogP contribution < -0.4 is 5.43 Å². The fourth-order valence-electron chi connectivity index (χ4n) is 2.06. The van der Waals surface area contributed by atoms with Crippen molar-refractivity contribution in [1.82, 2.24) is 15.6 Å². The zero-order valence-electron chi connectivity index (χ0n) is 11.6. The van der Waals surface area contributed by atoms with Gasteiger partial charge in [-0.15, -0.1) is 0 Å². The number of nitrogens with one attached hydrogen (secondary N) is 2. The Morgan fingerprint density at radius 2 is 2.19 bits per heavy atom. The van der Waals surface area contributed by atoms with E-state index in [9.17, 15) is 4.79 Å². The summed E-state index contributed by atoms with van der Waals surface area (Å²) in [6, 6.07) is 9.15. The van der Waals surface area contributed by atoms with Crippen molar-refractivity contribution in [2.24, 2.45) is 5.10 Å². The Kier molecular flexibility index (Phi) is 3.75. The summed E-state index contributed by atoms with van der Waals surface area (Å²) in [7, 11) is 0. The van der Waals surface area contributed by atoms with Crippen LogP contribution in [0.2, 0.25) is 5.02 Å². The van der Waals surface area contributed by atoms with Crippen molar-refractivity contribution in [2.45, 2.75) is 25.7 Å². The molecular weight excluding hydrogens is 288 g/mol. The molecule has 0 saturated heterocycles. The molecule has 0 radical (unpaired) electrons. The Hall–Kier alpha value is -2.14. The smallest absolute Gasteiger partial charge is 0.281 e. The summed E-state index contributed by atoms with van der Waals surface area (Å²) in [5.74, 6) is 0.206. The summed E-state index contributed by atoms with van der Waals surface area (Å²) in [6.45, 7) is 1.79. The third-order valence-corrected chi connectivity index (χ3v) is 3.77. The molecule has 5 nitrogen and oxygen atoms in total. The molecule has 6 heteroatoms. The number of rotatable bonds is 4. The zero-order chi connectivity index (χ0) is 14.8. The van der Waals surface area contributed by atoms with E-state index in [0.717, 1.165) is 24.1 Å². The number of H-pyrrole nitrogens is 1. The zero-order valence-corrected chi connectivity index (χ0v) is 12.3. The van der Waals surface area contributed by atoms with Crippen LogP contribution in [0.3, 0.4) is 0 Å². The number of halogens is 1. The minimum Gasteiger partial charge on any atom is -0.281 e. The maximum absolute atomic E-state index is 12.0. The van der Waals surface area contributed by atoms with Gasteiger partial charge < -0.3 is 0 Å². The molecule has 1 heterocycles. The average Bonchev–Trinajstić information content (AvgIpc) is 3.22. The highest BCUT2D eigenvalue weighted by Crippen LogP contribution is 2.38. The van der Waals surface area contributed by atoms with Crippen molar-refractivity contribution in [3.63, 3.8) is 0 Å². The van der Waals surface area contributed by atoms with E-state index in [-0.39, 0.29) is 5.91 Å². The highest BCUT2D eigenvalue weighted by Gasteiger charge is 2.26. The third kappa shape index (κ3) is 3.13. The molecule has 2 aromatic rings. The summed E-state index contributed by atoms with van der Waals surface area (Å²) in [6.07, 6.45) is 2.32. The first-order chi connectivity index (χ1) is 10.1. The van der Waals surface area contributed by atoms with Gasteiger partial charge in [-0.2, -0.15) is 10.2 Å². The topological polar surface area (TPSA) is 70.1 Å². The number of carbonyl (C=O) groups is 1. The van der Waals surface area contributed by atoms with Crippen molar-refractivity contribution in [3.05, 3.63) is 52.3 Å². The van der Waals surface area contributed by atoms with Gasteiger partial charge in [-0.05, 0) is 31.9 Å². The van der Waals surface area contributed by atoms with E-state index in [1.807, 2.05) is 18.2 Å². The molecule has 0 bridgehead atoms. The van der Waals surface area contributed by atoms with Gasteiger partial charge in [0.25, 0.3) is 5.91 Å². The van der Waals surface area contributed by atoms with Gasteiger partial charge in [0.15, 0.2) is 5.69 Å². The van der Waals surface area contributed by atoms with Gasteiger partial charge >= 0.3 is 0 Å². The second kappa shape index (κ2) is 5.69. The molecular formula is C15H15ClN4O. The largest absolute Gasteiger partial charge is 0.291 e. The van der Waals surface area contributed by atoms with Crippen LogP contribution in [0.4, 0.5) is 0 Å². The number of carbonyl (C=O) groups excluding carboxylic acids is 1. The Morgan fingerprint density at radius 3 is 2.90 bits per heavy atom. The highest BCUT2D eigenvalue weighted by atomic mass is 35.5. The lowest BCUT2D eigenvalue weighted by Gasteiger charge is -2.03. The molecule has 0 atom stereocenters. The van der Waals surface area contributed by atoms with E-state index in [1.165, 1.54) is 0 Å². The van der Waals surface area contributed by atoms with Crippen LogP contribution in [0.15, 0.2) is 35.4 Å². The number of nitrogens with zero attached hydrogens (tertiary/aromatic N) is 2. The number of aromatic nitrogens is 2. The second-order valence-corrected chi connectivity index (χ2v) is 5.51. The fraction of sp³-hybridized carbons (Fsp3) is 0.267. The molecule has 1 fully saturated rings. The molecule has 0 spiro atoms. The van der Waals surface area contributed by atoms with Gasteiger partial charge in [-0.25, -0.2) is 5.43 Å².